The van der Waals surface area contributed by atoms with Crippen LogP contribution in [0.5, 0.6) is 0 Å². The number of H-pyrrole nitrogens is 2. The predicted octanol–water partition coefficient (Wildman–Crippen LogP) is -0.567. The smallest absolute Gasteiger partial charge is 0.374 e. The van der Waals surface area contributed by atoms with Crippen LogP contribution in [0, 0.1) is 0 Å². The van der Waals surface area contributed by atoms with Gasteiger partial charge in [-0.25, -0.2) is 14.8 Å². The number of rotatable bonds is 1. The molecule has 0 bridgehead atoms. The number of fused-ring (bicyclic) bond motifs is 1. The number of nitrogens with zero attached hydrogens (tertiary/aromatic N) is 2. The lowest BCUT2D eigenvalue weighted by molar-refractivity contribution is 0.0588. The molecule has 72 valence electrons. The predicted molar refractivity (Wildman–Crippen MR) is 45.8 cm³/mol. The first-order chi connectivity index (χ1) is 6.72. The van der Waals surface area contributed by atoms with E-state index < -0.39 is 5.97 Å². The quantitative estimate of drug-likeness (QED) is 0.592. The van der Waals surface area contributed by atoms with Gasteiger partial charge in [-0.3, -0.25) is 4.79 Å². The standard InChI is InChI=1S/C7H6N4O3/c1-14-7(13)5-10-3-4(11-5)8-2-9-6(3)12/h2H,1H3,(H2,8,9,10,11,12). The van der Waals surface area contributed by atoms with E-state index >= 15 is 0 Å². The van der Waals surface area contributed by atoms with Gasteiger partial charge in [-0.15, -0.1) is 0 Å². The van der Waals surface area contributed by atoms with E-state index in [1.165, 1.54) is 13.4 Å². The summed E-state index contributed by atoms with van der Waals surface area (Å²) >= 11 is 0. The summed E-state index contributed by atoms with van der Waals surface area (Å²) in [6.07, 6.45) is 1.21. The Morgan fingerprint density at radius 1 is 1.57 bits per heavy atom. The van der Waals surface area contributed by atoms with Crippen molar-refractivity contribution in [3.05, 3.63) is 22.5 Å². The van der Waals surface area contributed by atoms with E-state index in [1.807, 2.05) is 0 Å². The minimum Gasteiger partial charge on any atom is -0.463 e. The zero-order valence-electron chi connectivity index (χ0n) is 7.20. The van der Waals surface area contributed by atoms with E-state index in [0.717, 1.165) is 0 Å². The lowest BCUT2D eigenvalue weighted by atomic mass is 10.5. The Labute approximate surface area is 77.1 Å². The molecule has 2 N–H and O–H groups in total. The maximum Gasteiger partial charge on any atom is 0.374 e. The molecule has 0 saturated heterocycles. The fourth-order valence-corrected chi connectivity index (χ4v) is 1.03. The van der Waals surface area contributed by atoms with Crippen molar-refractivity contribution in [3.8, 4) is 0 Å². The molecule has 2 heterocycles. The molecule has 0 aliphatic rings. The molecule has 0 spiro atoms. The zero-order chi connectivity index (χ0) is 10.1. The van der Waals surface area contributed by atoms with Crippen LogP contribution < -0.4 is 5.56 Å². The van der Waals surface area contributed by atoms with Gasteiger partial charge in [0.1, 0.15) is 0 Å². The summed E-state index contributed by atoms with van der Waals surface area (Å²) in [7, 11) is 1.23. The summed E-state index contributed by atoms with van der Waals surface area (Å²) in [6, 6.07) is 0. The molecule has 0 amide bonds. The van der Waals surface area contributed by atoms with Crippen LogP contribution in [-0.4, -0.2) is 33.0 Å². The maximum atomic E-state index is 11.2. The molecule has 0 fully saturated rings. The lowest BCUT2D eigenvalue weighted by Gasteiger charge is -1.89. The van der Waals surface area contributed by atoms with E-state index in [-0.39, 0.29) is 22.5 Å². The minimum absolute atomic E-state index is 0.0355. The molecule has 0 saturated carbocycles. The van der Waals surface area contributed by atoms with Gasteiger partial charge in [-0.1, -0.05) is 0 Å². The average molecular weight is 194 g/mol. The molecule has 0 atom stereocenters. The van der Waals surface area contributed by atoms with Crippen molar-refractivity contribution in [2.45, 2.75) is 0 Å². The molecule has 7 heteroatoms. The normalized spacial score (nSPS) is 10.4. The number of nitrogens with one attached hydrogen (secondary N) is 2. The number of aromatic nitrogens is 4. The number of hydrogen-bond donors (Lipinski definition) is 2. The zero-order valence-corrected chi connectivity index (χ0v) is 7.20. The molecular weight excluding hydrogens is 188 g/mol. The fourth-order valence-electron chi connectivity index (χ4n) is 1.03. The maximum absolute atomic E-state index is 11.2. The summed E-state index contributed by atoms with van der Waals surface area (Å²) in [5.74, 6) is -0.672. The van der Waals surface area contributed by atoms with Gasteiger partial charge in [0, 0.05) is 0 Å². The Hall–Kier alpha value is -2.18. The fraction of sp³-hybridized carbons (Fsp3) is 0.143. The van der Waals surface area contributed by atoms with Gasteiger partial charge < -0.3 is 14.7 Å². The third-order valence-electron chi connectivity index (χ3n) is 1.67. The van der Waals surface area contributed by atoms with Gasteiger partial charge >= 0.3 is 5.97 Å². The number of aromatic amines is 2. The number of ether oxygens (including phenoxy) is 1. The molecule has 2 aromatic rings. The topological polar surface area (TPSA) is 101 Å². The SMILES string of the molecule is COC(=O)c1nc2nc[nH]c(=O)c2[nH]1. The first-order valence-electron chi connectivity index (χ1n) is 3.74. The van der Waals surface area contributed by atoms with E-state index in [9.17, 15) is 9.59 Å². The lowest BCUT2D eigenvalue weighted by Crippen LogP contribution is -2.06. The van der Waals surface area contributed by atoms with Crippen molar-refractivity contribution in [3.63, 3.8) is 0 Å². The van der Waals surface area contributed by atoms with Crippen LogP contribution in [-0.2, 0) is 4.74 Å². The summed E-state index contributed by atoms with van der Waals surface area (Å²) < 4.78 is 4.43. The molecule has 2 aromatic heterocycles. The van der Waals surface area contributed by atoms with Crippen molar-refractivity contribution in [2.24, 2.45) is 0 Å². The molecular formula is C7H6N4O3. The van der Waals surface area contributed by atoms with Crippen LogP contribution in [0.1, 0.15) is 10.6 Å². The van der Waals surface area contributed by atoms with E-state index in [2.05, 4.69) is 24.7 Å². The molecule has 7 nitrogen and oxygen atoms in total. The van der Waals surface area contributed by atoms with Crippen molar-refractivity contribution in [1.82, 2.24) is 19.9 Å². The highest BCUT2D eigenvalue weighted by Crippen LogP contribution is 2.02. The van der Waals surface area contributed by atoms with Crippen molar-refractivity contribution < 1.29 is 9.53 Å². The van der Waals surface area contributed by atoms with Gasteiger partial charge in [0.15, 0.2) is 11.2 Å². The summed E-state index contributed by atoms with van der Waals surface area (Å²) in [6.45, 7) is 0. The Morgan fingerprint density at radius 3 is 3.00 bits per heavy atom. The molecule has 2 rings (SSSR count). The van der Waals surface area contributed by atoms with Crippen LogP contribution in [0.25, 0.3) is 11.2 Å². The number of methoxy groups -OCH3 is 1. The Balaban J connectivity index is 2.68. The van der Waals surface area contributed by atoms with E-state index in [4.69, 9.17) is 0 Å². The van der Waals surface area contributed by atoms with Crippen LogP contribution in [0.2, 0.25) is 0 Å². The van der Waals surface area contributed by atoms with E-state index in [0.29, 0.717) is 0 Å². The number of imidazole rings is 1. The van der Waals surface area contributed by atoms with Crippen LogP contribution in [0.3, 0.4) is 0 Å². The van der Waals surface area contributed by atoms with Gasteiger partial charge in [0.05, 0.1) is 13.4 Å². The monoisotopic (exact) mass is 194 g/mol. The number of hydrogen-bond acceptors (Lipinski definition) is 5. The Kier molecular flexibility index (Phi) is 1.77. The van der Waals surface area contributed by atoms with Gasteiger partial charge in [0.25, 0.3) is 5.56 Å². The number of carbonyl (C=O) groups excluding carboxylic acids is 1. The Morgan fingerprint density at radius 2 is 2.36 bits per heavy atom. The van der Waals surface area contributed by atoms with Gasteiger partial charge in [-0.2, -0.15) is 0 Å². The molecule has 0 aromatic carbocycles. The summed E-state index contributed by atoms with van der Waals surface area (Å²) in [5, 5.41) is 0. The molecule has 0 radical (unpaired) electrons. The molecule has 0 aliphatic heterocycles. The molecule has 0 aliphatic carbocycles. The second-order valence-corrected chi connectivity index (χ2v) is 2.51. The van der Waals surface area contributed by atoms with Gasteiger partial charge in [-0.05, 0) is 0 Å². The Bertz CT molecular complexity index is 541. The summed E-state index contributed by atoms with van der Waals surface area (Å²) in [4.78, 5) is 34.7. The van der Waals surface area contributed by atoms with Crippen LogP contribution >= 0.6 is 0 Å². The first kappa shape index (κ1) is 8.42. The van der Waals surface area contributed by atoms with Crippen LogP contribution in [0.4, 0.5) is 0 Å². The molecule has 0 unspecified atom stereocenters. The van der Waals surface area contributed by atoms with Crippen LogP contribution in [0.15, 0.2) is 11.1 Å². The summed E-state index contributed by atoms with van der Waals surface area (Å²) in [5.41, 5.74) is -0.0281. The molecule has 14 heavy (non-hydrogen) atoms. The van der Waals surface area contributed by atoms with Crippen molar-refractivity contribution >= 4 is 17.1 Å². The second kappa shape index (κ2) is 2.95. The minimum atomic E-state index is -0.637. The highest BCUT2D eigenvalue weighted by Gasteiger charge is 2.13. The highest BCUT2D eigenvalue weighted by atomic mass is 16.5. The second-order valence-electron chi connectivity index (χ2n) is 2.51. The number of esters is 1. The average Bonchev–Trinajstić information content (AvgIpc) is 2.62. The number of carbonyl (C=O) groups is 1. The van der Waals surface area contributed by atoms with Gasteiger partial charge in [0.2, 0.25) is 5.82 Å². The largest absolute Gasteiger partial charge is 0.463 e. The van der Waals surface area contributed by atoms with E-state index in [1.54, 1.807) is 0 Å². The van der Waals surface area contributed by atoms with Crippen molar-refractivity contribution in [2.75, 3.05) is 7.11 Å². The highest BCUT2D eigenvalue weighted by molar-refractivity contribution is 5.88. The first-order valence-corrected chi connectivity index (χ1v) is 3.74. The third kappa shape index (κ3) is 1.15. The third-order valence-corrected chi connectivity index (χ3v) is 1.67. The van der Waals surface area contributed by atoms with Crippen molar-refractivity contribution in [1.29, 1.82) is 0 Å².